The first-order chi connectivity index (χ1) is 11.5. The Labute approximate surface area is 139 Å². The molecule has 1 N–H and O–H groups in total. The topological polar surface area (TPSA) is 106 Å². The van der Waals surface area contributed by atoms with Crippen molar-refractivity contribution < 1.29 is 19.0 Å². The zero-order valence-corrected chi connectivity index (χ0v) is 13.5. The number of amides is 1. The predicted octanol–water partition coefficient (Wildman–Crippen LogP) is 2.49. The summed E-state index contributed by atoms with van der Waals surface area (Å²) in [6.45, 7) is 3.99. The molecule has 0 saturated carbocycles. The third-order valence-electron chi connectivity index (χ3n) is 3.78. The zero-order chi connectivity index (χ0) is 17.2. The van der Waals surface area contributed by atoms with Gasteiger partial charge in [0.1, 0.15) is 12.4 Å². The van der Waals surface area contributed by atoms with Crippen LogP contribution in [0, 0.1) is 0 Å². The molecule has 0 aromatic heterocycles. The maximum Gasteiger partial charge on any atom is 0.251 e. The van der Waals surface area contributed by atoms with Gasteiger partial charge in [-0.15, -0.1) is 0 Å². The Bertz CT molecular complexity index is 725. The van der Waals surface area contributed by atoms with Gasteiger partial charge in [0.05, 0.1) is 13.1 Å². The molecular formula is C16H18N4O4. The minimum atomic E-state index is -0.908. The molecule has 0 radical (unpaired) electrons. The Morgan fingerprint density at radius 3 is 2.83 bits per heavy atom. The summed E-state index contributed by atoms with van der Waals surface area (Å²) in [5.41, 5.74) is 8.14. The lowest BCUT2D eigenvalue weighted by Crippen LogP contribution is -2.46. The number of ether oxygens (including phenoxy) is 3. The van der Waals surface area contributed by atoms with Crippen LogP contribution in [0.5, 0.6) is 0 Å². The van der Waals surface area contributed by atoms with Gasteiger partial charge in [-0.1, -0.05) is 23.3 Å². The van der Waals surface area contributed by atoms with Gasteiger partial charge in [0, 0.05) is 24.3 Å². The molecule has 1 saturated heterocycles. The van der Waals surface area contributed by atoms with Gasteiger partial charge in [0.15, 0.2) is 11.4 Å². The second kappa shape index (κ2) is 6.07. The number of nitrogens with zero attached hydrogens (tertiary/aromatic N) is 3. The minimum Gasteiger partial charge on any atom is -0.491 e. The molecule has 2 heterocycles. The summed E-state index contributed by atoms with van der Waals surface area (Å²) < 4.78 is 17.4. The Hall–Kier alpha value is -2.70. The Morgan fingerprint density at radius 1 is 1.38 bits per heavy atom. The summed E-state index contributed by atoms with van der Waals surface area (Å²) >= 11 is 0. The molecule has 0 spiro atoms. The number of fused-ring (bicyclic) bond motifs is 1. The van der Waals surface area contributed by atoms with Crippen molar-refractivity contribution in [2.45, 2.75) is 25.2 Å². The van der Waals surface area contributed by atoms with Crippen LogP contribution in [0.1, 0.15) is 24.2 Å². The molecule has 126 valence electrons. The molecule has 0 unspecified atom stereocenters. The highest BCUT2D eigenvalue weighted by Gasteiger charge is 2.56. The van der Waals surface area contributed by atoms with Crippen LogP contribution >= 0.6 is 0 Å². The lowest BCUT2D eigenvalue weighted by atomic mass is 10.0. The van der Waals surface area contributed by atoms with Gasteiger partial charge < -0.3 is 19.5 Å². The lowest BCUT2D eigenvalue weighted by Gasteiger charge is -2.25. The second-order valence-corrected chi connectivity index (χ2v) is 6.08. The monoisotopic (exact) mass is 330 g/mol. The van der Waals surface area contributed by atoms with Gasteiger partial charge in [0.2, 0.25) is 5.79 Å². The molecule has 1 fully saturated rings. The number of hydrogen-bond donors (Lipinski definition) is 1. The van der Waals surface area contributed by atoms with E-state index in [0.717, 1.165) is 0 Å². The number of carbonyl (C=O) groups excluding carboxylic acids is 1. The molecule has 1 aromatic rings. The van der Waals surface area contributed by atoms with Crippen molar-refractivity contribution in [3.05, 3.63) is 57.9 Å². The Balaban J connectivity index is 1.78. The first-order valence-corrected chi connectivity index (χ1v) is 7.55. The van der Waals surface area contributed by atoms with Gasteiger partial charge in [-0.25, -0.2) is 0 Å². The molecule has 1 atom stereocenters. The average Bonchev–Trinajstić information content (AvgIpc) is 3.02. The van der Waals surface area contributed by atoms with Crippen molar-refractivity contribution in [3.8, 4) is 0 Å². The molecular weight excluding hydrogens is 312 g/mol. The molecule has 2 aliphatic heterocycles. The number of carbonyl (C=O) groups is 1. The van der Waals surface area contributed by atoms with E-state index in [2.05, 4.69) is 15.3 Å². The molecule has 1 aromatic carbocycles. The van der Waals surface area contributed by atoms with Gasteiger partial charge in [-0.3, -0.25) is 4.79 Å². The zero-order valence-electron chi connectivity index (χ0n) is 13.5. The molecule has 8 nitrogen and oxygen atoms in total. The van der Waals surface area contributed by atoms with Crippen LogP contribution < -0.4 is 5.32 Å². The quantitative estimate of drug-likeness (QED) is 0.508. The fourth-order valence-corrected chi connectivity index (χ4v) is 2.85. The van der Waals surface area contributed by atoms with Crippen LogP contribution in [-0.2, 0) is 14.2 Å². The van der Waals surface area contributed by atoms with E-state index in [1.54, 1.807) is 38.1 Å². The van der Waals surface area contributed by atoms with E-state index in [1.807, 2.05) is 6.07 Å². The van der Waals surface area contributed by atoms with Gasteiger partial charge in [-0.05, 0) is 17.7 Å². The summed E-state index contributed by atoms with van der Waals surface area (Å²) in [5, 5.41) is 6.37. The highest BCUT2D eigenvalue weighted by molar-refractivity contribution is 5.94. The number of benzene rings is 1. The molecule has 1 amide bonds. The van der Waals surface area contributed by atoms with Crippen LogP contribution in [0.25, 0.3) is 10.4 Å². The van der Waals surface area contributed by atoms with Crippen LogP contribution in [0.3, 0.4) is 0 Å². The first-order valence-electron chi connectivity index (χ1n) is 7.55. The van der Waals surface area contributed by atoms with Crippen LogP contribution in [0.15, 0.2) is 47.0 Å². The highest BCUT2D eigenvalue weighted by atomic mass is 16.8. The third kappa shape index (κ3) is 3.02. The summed E-state index contributed by atoms with van der Waals surface area (Å²) in [6.07, 6.45) is 0. The number of hydrogen-bond acceptors (Lipinski definition) is 5. The first kappa shape index (κ1) is 16.2. The number of nitrogens with one attached hydrogen (secondary N) is 1. The average molecular weight is 330 g/mol. The van der Waals surface area contributed by atoms with E-state index in [0.29, 0.717) is 17.1 Å². The lowest BCUT2D eigenvalue weighted by molar-refractivity contribution is -0.170. The maximum atomic E-state index is 12.3. The van der Waals surface area contributed by atoms with Crippen molar-refractivity contribution in [1.29, 1.82) is 0 Å². The number of rotatable bonds is 5. The fourth-order valence-electron chi connectivity index (χ4n) is 2.85. The van der Waals surface area contributed by atoms with Crippen molar-refractivity contribution in [2.24, 2.45) is 5.11 Å². The van der Waals surface area contributed by atoms with Crippen molar-refractivity contribution >= 4 is 5.91 Å². The van der Waals surface area contributed by atoms with Crippen molar-refractivity contribution in [1.82, 2.24) is 5.32 Å². The van der Waals surface area contributed by atoms with E-state index in [9.17, 15) is 4.79 Å². The summed E-state index contributed by atoms with van der Waals surface area (Å²) in [5.74, 6) is -0.139. The molecule has 24 heavy (non-hydrogen) atoms. The fraction of sp³-hybridized carbons (Fsp3) is 0.438. The molecule has 0 bridgehead atoms. The standard InChI is InChI=1S/C16H18N4O4/c1-15(2)23-13-12(8-19-20-17)22-10-16(13,24-15)9-18-14(21)11-6-4-3-5-7-11/h3-7H,8-10H2,1-2H3,(H,18,21)/t16-/m0/s1. The smallest absolute Gasteiger partial charge is 0.251 e. The van der Waals surface area contributed by atoms with Crippen LogP contribution in [-0.4, -0.2) is 37.0 Å². The summed E-state index contributed by atoms with van der Waals surface area (Å²) in [7, 11) is 0. The SMILES string of the molecule is CC1(C)OC2=C(CN=[N+]=[N-])OC[C@]2(CNC(=O)c2ccccc2)O1. The predicted molar refractivity (Wildman–Crippen MR) is 84.7 cm³/mol. The van der Waals surface area contributed by atoms with Crippen molar-refractivity contribution in [2.75, 3.05) is 19.7 Å². The van der Waals surface area contributed by atoms with Gasteiger partial charge in [-0.2, -0.15) is 0 Å². The van der Waals surface area contributed by atoms with E-state index >= 15 is 0 Å². The third-order valence-corrected chi connectivity index (χ3v) is 3.78. The summed E-state index contributed by atoms with van der Waals surface area (Å²) in [4.78, 5) is 15.0. The van der Waals surface area contributed by atoms with Crippen molar-refractivity contribution in [3.63, 3.8) is 0 Å². The van der Waals surface area contributed by atoms with Crippen LogP contribution in [0.2, 0.25) is 0 Å². The molecule has 3 rings (SSSR count). The minimum absolute atomic E-state index is 0.0413. The highest BCUT2D eigenvalue weighted by Crippen LogP contribution is 2.45. The van der Waals surface area contributed by atoms with Crippen LogP contribution in [0.4, 0.5) is 0 Å². The summed E-state index contributed by atoms with van der Waals surface area (Å²) in [6, 6.07) is 8.91. The second-order valence-electron chi connectivity index (χ2n) is 6.08. The maximum absolute atomic E-state index is 12.3. The van der Waals surface area contributed by atoms with Gasteiger partial charge >= 0.3 is 0 Å². The number of azide groups is 1. The molecule has 0 aliphatic carbocycles. The molecule has 8 heteroatoms. The van der Waals surface area contributed by atoms with Gasteiger partial charge in [0.25, 0.3) is 5.91 Å². The normalized spacial score (nSPS) is 23.8. The largest absolute Gasteiger partial charge is 0.491 e. The van der Waals surface area contributed by atoms with E-state index < -0.39 is 11.4 Å². The van der Waals surface area contributed by atoms with E-state index in [4.69, 9.17) is 19.7 Å². The Kier molecular flexibility index (Phi) is 4.09. The van der Waals surface area contributed by atoms with E-state index in [-0.39, 0.29) is 25.6 Å². The van der Waals surface area contributed by atoms with E-state index in [1.165, 1.54) is 0 Å². The molecule has 2 aliphatic rings. The Morgan fingerprint density at radius 2 is 2.12 bits per heavy atom.